The zero-order chi connectivity index (χ0) is 16.5. The van der Waals surface area contributed by atoms with Gasteiger partial charge < -0.3 is 4.90 Å². The Bertz CT molecular complexity index is 853. The van der Waals surface area contributed by atoms with Crippen molar-refractivity contribution in [2.75, 3.05) is 13.1 Å². The first-order valence-electron chi connectivity index (χ1n) is 8.93. The molecule has 1 aromatic carbocycles. The van der Waals surface area contributed by atoms with E-state index in [-0.39, 0.29) is 18.1 Å². The molecule has 1 fully saturated rings. The van der Waals surface area contributed by atoms with Crippen molar-refractivity contribution in [2.45, 2.75) is 45.1 Å². The van der Waals surface area contributed by atoms with Crippen molar-refractivity contribution >= 4 is 22.6 Å². The standard InChI is InChI=1S/C19H23N3O2/c23-18(20-12-6-7-13-20)14-21-16-10-4-5-11-17(16)22(19(21)24)15-8-2-1-3-9-15/h4-5,8,10-11H,1-3,6-7,9,12-14H2. The molecule has 0 saturated carbocycles. The number of imidazole rings is 1. The van der Waals surface area contributed by atoms with Crippen molar-refractivity contribution in [3.8, 4) is 0 Å². The molecule has 0 unspecified atom stereocenters. The fraction of sp³-hybridized carbons (Fsp3) is 0.474. The minimum Gasteiger partial charge on any atom is -0.341 e. The molecular weight excluding hydrogens is 302 g/mol. The Kier molecular flexibility index (Phi) is 4.00. The molecule has 2 heterocycles. The fourth-order valence-corrected chi connectivity index (χ4v) is 3.86. The van der Waals surface area contributed by atoms with Crippen LogP contribution in [0, 0.1) is 0 Å². The molecule has 1 saturated heterocycles. The van der Waals surface area contributed by atoms with Crippen LogP contribution in [0.2, 0.25) is 0 Å². The summed E-state index contributed by atoms with van der Waals surface area (Å²) in [5.41, 5.74) is 2.75. The third-order valence-electron chi connectivity index (χ3n) is 5.14. The highest BCUT2D eigenvalue weighted by Crippen LogP contribution is 2.25. The number of likely N-dealkylation sites (tertiary alicyclic amines) is 1. The summed E-state index contributed by atoms with van der Waals surface area (Å²) in [5, 5.41) is 0. The van der Waals surface area contributed by atoms with Gasteiger partial charge in [0, 0.05) is 18.8 Å². The van der Waals surface area contributed by atoms with Gasteiger partial charge in [-0.1, -0.05) is 18.2 Å². The van der Waals surface area contributed by atoms with Crippen molar-refractivity contribution in [3.63, 3.8) is 0 Å². The molecular formula is C19H23N3O2. The molecule has 1 aliphatic carbocycles. The molecule has 2 aliphatic rings. The van der Waals surface area contributed by atoms with E-state index >= 15 is 0 Å². The number of hydrogen-bond acceptors (Lipinski definition) is 2. The van der Waals surface area contributed by atoms with Gasteiger partial charge in [0.05, 0.1) is 11.0 Å². The maximum atomic E-state index is 13.1. The minimum absolute atomic E-state index is 0.0510. The van der Waals surface area contributed by atoms with Gasteiger partial charge in [0.15, 0.2) is 0 Å². The summed E-state index contributed by atoms with van der Waals surface area (Å²) in [7, 11) is 0. The molecule has 0 bridgehead atoms. The lowest BCUT2D eigenvalue weighted by Crippen LogP contribution is -2.35. The van der Waals surface area contributed by atoms with E-state index in [2.05, 4.69) is 6.08 Å². The van der Waals surface area contributed by atoms with E-state index in [9.17, 15) is 9.59 Å². The predicted molar refractivity (Wildman–Crippen MR) is 94.8 cm³/mol. The second kappa shape index (κ2) is 6.30. The molecule has 0 N–H and O–H groups in total. The molecule has 5 heteroatoms. The first kappa shape index (κ1) is 15.2. The third-order valence-corrected chi connectivity index (χ3v) is 5.14. The summed E-state index contributed by atoms with van der Waals surface area (Å²) in [6.07, 6.45) is 8.55. The number of carbonyl (C=O) groups is 1. The lowest BCUT2D eigenvalue weighted by Gasteiger charge is -2.15. The van der Waals surface area contributed by atoms with E-state index in [0.717, 1.165) is 61.9 Å². The summed E-state index contributed by atoms with van der Waals surface area (Å²) < 4.78 is 3.46. The Hall–Kier alpha value is -2.30. The van der Waals surface area contributed by atoms with E-state index in [1.807, 2.05) is 33.7 Å². The molecule has 0 radical (unpaired) electrons. The van der Waals surface area contributed by atoms with Crippen LogP contribution in [0.5, 0.6) is 0 Å². The number of benzene rings is 1. The van der Waals surface area contributed by atoms with Crippen molar-refractivity contribution in [1.29, 1.82) is 0 Å². The Balaban J connectivity index is 1.78. The number of para-hydroxylation sites is 2. The zero-order valence-electron chi connectivity index (χ0n) is 13.9. The van der Waals surface area contributed by atoms with Gasteiger partial charge in [0.25, 0.3) is 0 Å². The predicted octanol–water partition coefficient (Wildman–Crippen LogP) is 2.84. The maximum Gasteiger partial charge on any atom is 0.333 e. The molecule has 0 atom stereocenters. The van der Waals surface area contributed by atoms with Crippen LogP contribution in [0.15, 0.2) is 35.1 Å². The number of carbonyl (C=O) groups excluding carboxylic acids is 1. The average molecular weight is 325 g/mol. The number of rotatable bonds is 3. The summed E-state index contributed by atoms with van der Waals surface area (Å²) >= 11 is 0. The van der Waals surface area contributed by atoms with Gasteiger partial charge in [0.1, 0.15) is 6.54 Å². The van der Waals surface area contributed by atoms with Crippen molar-refractivity contribution in [3.05, 3.63) is 40.8 Å². The van der Waals surface area contributed by atoms with Crippen LogP contribution < -0.4 is 5.69 Å². The van der Waals surface area contributed by atoms with Crippen molar-refractivity contribution in [1.82, 2.24) is 14.0 Å². The van der Waals surface area contributed by atoms with E-state index < -0.39 is 0 Å². The summed E-state index contributed by atoms with van der Waals surface area (Å²) in [6, 6.07) is 7.80. The topological polar surface area (TPSA) is 47.2 Å². The van der Waals surface area contributed by atoms with E-state index in [1.165, 1.54) is 6.42 Å². The van der Waals surface area contributed by atoms with Crippen molar-refractivity contribution in [2.24, 2.45) is 0 Å². The Morgan fingerprint density at radius 2 is 1.75 bits per heavy atom. The number of allylic oxidation sites excluding steroid dienone is 2. The Labute approximate surface area is 141 Å². The van der Waals surface area contributed by atoms with E-state index in [0.29, 0.717) is 0 Å². The number of fused-ring (bicyclic) bond motifs is 1. The fourth-order valence-electron chi connectivity index (χ4n) is 3.86. The monoisotopic (exact) mass is 325 g/mol. The normalized spacial score (nSPS) is 18.2. The highest BCUT2D eigenvalue weighted by molar-refractivity contribution is 5.83. The molecule has 0 spiro atoms. The average Bonchev–Trinajstić information content (AvgIpc) is 3.24. The quantitative estimate of drug-likeness (QED) is 0.871. The largest absolute Gasteiger partial charge is 0.341 e. The summed E-state index contributed by atoms with van der Waals surface area (Å²) in [4.78, 5) is 27.5. The minimum atomic E-state index is -0.0862. The highest BCUT2D eigenvalue weighted by Gasteiger charge is 2.22. The van der Waals surface area contributed by atoms with Gasteiger partial charge >= 0.3 is 5.69 Å². The van der Waals surface area contributed by atoms with Gasteiger partial charge in [-0.05, 0) is 50.7 Å². The molecule has 126 valence electrons. The van der Waals surface area contributed by atoms with Gasteiger partial charge in [-0.25, -0.2) is 4.79 Å². The highest BCUT2D eigenvalue weighted by atomic mass is 16.2. The number of nitrogens with zero attached hydrogens (tertiary/aromatic N) is 3. The lowest BCUT2D eigenvalue weighted by molar-refractivity contribution is -0.130. The number of amides is 1. The van der Waals surface area contributed by atoms with Crippen LogP contribution in [0.3, 0.4) is 0 Å². The van der Waals surface area contributed by atoms with Crippen LogP contribution in [0.4, 0.5) is 0 Å². The molecule has 4 rings (SSSR count). The maximum absolute atomic E-state index is 13.1. The number of aromatic nitrogens is 2. The van der Waals surface area contributed by atoms with Crippen LogP contribution >= 0.6 is 0 Å². The zero-order valence-corrected chi connectivity index (χ0v) is 13.9. The van der Waals surface area contributed by atoms with Crippen LogP contribution in [-0.4, -0.2) is 33.0 Å². The summed E-state index contributed by atoms with van der Waals surface area (Å²) in [5.74, 6) is 0.0510. The summed E-state index contributed by atoms with van der Waals surface area (Å²) in [6.45, 7) is 1.77. The molecule has 1 amide bonds. The third kappa shape index (κ3) is 2.58. The van der Waals surface area contributed by atoms with Crippen molar-refractivity contribution < 1.29 is 4.79 Å². The van der Waals surface area contributed by atoms with Crippen LogP contribution in [-0.2, 0) is 11.3 Å². The van der Waals surface area contributed by atoms with E-state index in [1.54, 1.807) is 4.57 Å². The van der Waals surface area contributed by atoms with Gasteiger partial charge in [-0.3, -0.25) is 13.9 Å². The molecule has 2 aromatic rings. The first-order chi connectivity index (χ1) is 11.8. The molecule has 1 aromatic heterocycles. The smallest absolute Gasteiger partial charge is 0.333 e. The second-order valence-electron chi connectivity index (χ2n) is 6.72. The lowest BCUT2D eigenvalue weighted by atomic mass is 10.0. The van der Waals surface area contributed by atoms with Crippen LogP contribution in [0.1, 0.15) is 38.5 Å². The SMILES string of the molecule is O=C(Cn1c(=O)n(C2=CCCCC2)c2ccccc21)N1CCCC1. The second-order valence-corrected chi connectivity index (χ2v) is 6.72. The molecule has 5 nitrogen and oxygen atoms in total. The molecule has 1 aliphatic heterocycles. The van der Waals surface area contributed by atoms with Gasteiger partial charge in [-0.15, -0.1) is 0 Å². The first-order valence-corrected chi connectivity index (χ1v) is 8.93. The molecule has 24 heavy (non-hydrogen) atoms. The Morgan fingerprint density at radius 1 is 1.00 bits per heavy atom. The van der Waals surface area contributed by atoms with E-state index in [4.69, 9.17) is 0 Å². The Morgan fingerprint density at radius 3 is 2.46 bits per heavy atom. The van der Waals surface area contributed by atoms with Crippen LogP contribution in [0.25, 0.3) is 16.7 Å². The van der Waals surface area contributed by atoms with Gasteiger partial charge in [0.2, 0.25) is 5.91 Å². The number of hydrogen-bond donors (Lipinski definition) is 0. The van der Waals surface area contributed by atoms with Gasteiger partial charge in [-0.2, -0.15) is 0 Å².